The number of nitrogens with one attached hydrogen (secondary N) is 1. The van der Waals surface area contributed by atoms with E-state index in [-0.39, 0.29) is 5.91 Å². The molecule has 110 valence electrons. The minimum Gasteiger partial charge on any atom is -0.399 e. The molecule has 2 rings (SSSR count). The van der Waals surface area contributed by atoms with Gasteiger partial charge in [0.1, 0.15) is 0 Å². The quantitative estimate of drug-likeness (QED) is 0.636. The molecule has 0 unspecified atom stereocenters. The number of aryl methyl sites for hydroxylation is 1. The van der Waals surface area contributed by atoms with Crippen molar-refractivity contribution in [3.63, 3.8) is 0 Å². The summed E-state index contributed by atoms with van der Waals surface area (Å²) in [7, 11) is 0. The molecular formula is C16H17ClN2OS. The van der Waals surface area contributed by atoms with Crippen LogP contribution in [0.15, 0.2) is 47.4 Å². The van der Waals surface area contributed by atoms with E-state index in [1.807, 2.05) is 12.1 Å². The first-order valence-electron chi connectivity index (χ1n) is 6.59. The number of nitrogens with two attached hydrogens (primary N) is 1. The molecule has 1 amide bonds. The molecule has 0 fully saturated rings. The maximum absolute atomic E-state index is 11.9. The molecule has 5 heteroatoms. The highest BCUT2D eigenvalue weighted by Crippen LogP contribution is 2.25. The molecule has 2 aromatic rings. The Kier molecular flexibility index (Phi) is 5.53. The van der Waals surface area contributed by atoms with Crippen LogP contribution in [0.25, 0.3) is 0 Å². The fourth-order valence-corrected chi connectivity index (χ4v) is 3.02. The number of halogens is 1. The van der Waals surface area contributed by atoms with Gasteiger partial charge in [-0.1, -0.05) is 29.3 Å². The lowest BCUT2D eigenvalue weighted by Gasteiger charge is -2.08. The topological polar surface area (TPSA) is 55.1 Å². The minimum absolute atomic E-state index is 0.0539. The summed E-state index contributed by atoms with van der Waals surface area (Å²) in [5, 5.41) is 3.25. The summed E-state index contributed by atoms with van der Waals surface area (Å²) in [6.07, 6.45) is 0.430. The fraction of sp³-hybridized carbons (Fsp3) is 0.188. The van der Waals surface area contributed by atoms with Gasteiger partial charge in [-0.15, -0.1) is 11.8 Å². The molecule has 2 aromatic carbocycles. The van der Waals surface area contributed by atoms with Gasteiger partial charge < -0.3 is 11.1 Å². The van der Waals surface area contributed by atoms with Crippen molar-refractivity contribution in [1.82, 2.24) is 0 Å². The van der Waals surface area contributed by atoms with Gasteiger partial charge in [-0.3, -0.25) is 4.79 Å². The second-order valence-corrected chi connectivity index (χ2v) is 6.28. The zero-order valence-corrected chi connectivity index (χ0v) is 13.3. The molecule has 0 spiro atoms. The lowest BCUT2D eigenvalue weighted by atomic mass is 10.2. The average molecular weight is 321 g/mol. The summed E-state index contributed by atoms with van der Waals surface area (Å²) >= 11 is 7.69. The van der Waals surface area contributed by atoms with Crippen molar-refractivity contribution >= 4 is 40.6 Å². The number of amides is 1. The fourth-order valence-electron chi connectivity index (χ4n) is 1.81. The zero-order chi connectivity index (χ0) is 15.2. The van der Waals surface area contributed by atoms with Gasteiger partial charge in [-0.05, 0) is 37.3 Å². The number of thioether (sulfide) groups is 1. The van der Waals surface area contributed by atoms with Crippen LogP contribution in [-0.4, -0.2) is 11.7 Å². The van der Waals surface area contributed by atoms with Crippen LogP contribution in [0.1, 0.15) is 12.0 Å². The van der Waals surface area contributed by atoms with E-state index in [0.29, 0.717) is 22.8 Å². The van der Waals surface area contributed by atoms with E-state index in [1.165, 1.54) is 10.5 Å². The Hall–Kier alpha value is -1.65. The van der Waals surface area contributed by atoms with Crippen LogP contribution in [0.4, 0.5) is 11.4 Å². The predicted octanol–water partition coefficient (Wildman–Crippen LogP) is 4.35. The number of rotatable bonds is 5. The molecule has 0 aromatic heterocycles. The third-order valence-corrected chi connectivity index (χ3v) is 4.16. The number of nitrogen functional groups attached to an aromatic ring is 1. The number of benzene rings is 2. The van der Waals surface area contributed by atoms with Crippen molar-refractivity contribution in [3.05, 3.63) is 53.1 Å². The van der Waals surface area contributed by atoms with Crippen molar-refractivity contribution in [1.29, 1.82) is 0 Å². The summed E-state index contributed by atoms with van der Waals surface area (Å²) in [5.41, 5.74) is 8.01. The normalized spacial score (nSPS) is 10.4. The van der Waals surface area contributed by atoms with Crippen molar-refractivity contribution in [2.24, 2.45) is 0 Å². The molecule has 0 atom stereocenters. The van der Waals surface area contributed by atoms with E-state index in [2.05, 4.69) is 24.4 Å². The van der Waals surface area contributed by atoms with Crippen LogP contribution in [0.2, 0.25) is 5.02 Å². The predicted molar refractivity (Wildman–Crippen MR) is 91.0 cm³/mol. The number of carbonyl (C=O) groups is 1. The van der Waals surface area contributed by atoms with Gasteiger partial charge in [0.05, 0.1) is 10.7 Å². The average Bonchev–Trinajstić information content (AvgIpc) is 2.42. The van der Waals surface area contributed by atoms with Gasteiger partial charge in [0, 0.05) is 22.8 Å². The Morgan fingerprint density at radius 3 is 2.81 bits per heavy atom. The molecular weight excluding hydrogens is 304 g/mol. The molecule has 0 radical (unpaired) electrons. The van der Waals surface area contributed by atoms with Gasteiger partial charge in [-0.2, -0.15) is 0 Å². The first kappa shape index (κ1) is 15.7. The monoisotopic (exact) mass is 320 g/mol. The lowest BCUT2D eigenvalue weighted by Crippen LogP contribution is -2.12. The Labute approximate surface area is 133 Å². The molecule has 0 bridgehead atoms. The summed E-state index contributed by atoms with van der Waals surface area (Å²) in [6.45, 7) is 2.06. The highest BCUT2D eigenvalue weighted by molar-refractivity contribution is 7.99. The largest absolute Gasteiger partial charge is 0.399 e. The van der Waals surface area contributed by atoms with Crippen LogP contribution in [0.3, 0.4) is 0 Å². The first-order chi connectivity index (χ1) is 10.0. The summed E-state index contributed by atoms with van der Waals surface area (Å²) < 4.78 is 0. The van der Waals surface area contributed by atoms with Gasteiger partial charge in [0.25, 0.3) is 0 Å². The molecule has 0 saturated carbocycles. The highest BCUT2D eigenvalue weighted by Gasteiger charge is 2.06. The van der Waals surface area contributed by atoms with E-state index < -0.39 is 0 Å². The summed E-state index contributed by atoms with van der Waals surface area (Å²) in [5.74, 6) is 0.670. The first-order valence-corrected chi connectivity index (χ1v) is 7.95. The second-order valence-electron chi connectivity index (χ2n) is 4.70. The molecule has 21 heavy (non-hydrogen) atoms. The van der Waals surface area contributed by atoms with Crippen molar-refractivity contribution < 1.29 is 4.79 Å². The SMILES string of the molecule is Cc1cccc(SCCC(=O)Nc2ccc(N)cc2Cl)c1. The Bertz CT molecular complexity index is 646. The number of hydrogen-bond acceptors (Lipinski definition) is 3. The Morgan fingerprint density at radius 1 is 1.29 bits per heavy atom. The van der Waals surface area contributed by atoms with Gasteiger partial charge in [0.2, 0.25) is 5.91 Å². The summed E-state index contributed by atoms with van der Waals surface area (Å²) in [6, 6.07) is 13.3. The Morgan fingerprint density at radius 2 is 2.10 bits per heavy atom. The molecule has 3 N–H and O–H groups in total. The van der Waals surface area contributed by atoms with Crippen LogP contribution in [0.5, 0.6) is 0 Å². The van der Waals surface area contributed by atoms with Gasteiger partial charge in [-0.25, -0.2) is 0 Å². The Balaban J connectivity index is 1.82. The zero-order valence-electron chi connectivity index (χ0n) is 11.7. The van der Waals surface area contributed by atoms with E-state index >= 15 is 0 Å². The molecule has 0 aliphatic rings. The second kappa shape index (κ2) is 7.38. The molecule has 0 saturated heterocycles. The van der Waals surface area contributed by atoms with Crippen LogP contribution >= 0.6 is 23.4 Å². The third-order valence-electron chi connectivity index (χ3n) is 2.85. The molecule has 0 aliphatic carbocycles. The smallest absolute Gasteiger partial charge is 0.225 e. The van der Waals surface area contributed by atoms with Crippen molar-refractivity contribution in [2.75, 3.05) is 16.8 Å². The van der Waals surface area contributed by atoms with Crippen LogP contribution in [-0.2, 0) is 4.79 Å². The molecule has 3 nitrogen and oxygen atoms in total. The van der Waals surface area contributed by atoms with E-state index in [1.54, 1.807) is 30.0 Å². The van der Waals surface area contributed by atoms with Gasteiger partial charge >= 0.3 is 0 Å². The van der Waals surface area contributed by atoms with E-state index in [9.17, 15) is 4.79 Å². The van der Waals surface area contributed by atoms with Crippen LogP contribution in [0, 0.1) is 6.92 Å². The minimum atomic E-state index is -0.0539. The molecule has 0 heterocycles. The van der Waals surface area contributed by atoms with E-state index in [0.717, 1.165) is 5.75 Å². The standard InChI is InChI=1S/C16H17ClN2OS/c1-11-3-2-4-13(9-11)21-8-7-16(20)19-15-6-5-12(18)10-14(15)17/h2-6,9-10H,7-8,18H2,1H3,(H,19,20). The third kappa shape index (κ3) is 4.99. The lowest BCUT2D eigenvalue weighted by molar-refractivity contribution is -0.115. The maximum Gasteiger partial charge on any atom is 0.225 e. The van der Waals surface area contributed by atoms with E-state index in [4.69, 9.17) is 17.3 Å². The van der Waals surface area contributed by atoms with Crippen LogP contribution < -0.4 is 11.1 Å². The van der Waals surface area contributed by atoms with Crippen molar-refractivity contribution in [3.8, 4) is 0 Å². The number of carbonyl (C=O) groups excluding carboxylic acids is 1. The van der Waals surface area contributed by atoms with Crippen molar-refractivity contribution in [2.45, 2.75) is 18.2 Å². The highest BCUT2D eigenvalue weighted by atomic mass is 35.5. The number of hydrogen-bond donors (Lipinski definition) is 2. The molecule has 0 aliphatic heterocycles. The summed E-state index contributed by atoms with van der Waals surface area (Å²) in [4.78, 5) is 13.1. The van der Waals surface area contributed by atoms with Gasteiger partial charge in [0.15, 0.2) is 0 Å². The number of anilines is 2. The maximum atomic E-state index is 11.9.